The highest BCUT2D eigenvalue weighted by Crippen LogP contribution is 2.00. The smallest absolute Gasteiger partial charge is 0.137 e. The quantitative estimate of drug-likeness (QED) is 0.544. The molecule has 0 aromatic rings. The second kappa shape index (κ2) is 8.17. The van der Waals surface area contributed by atoms with Gasteiger partial charge in [0.05, 0.1) is 6.61 Å². The van der Waals surface area contributed by atoms with Crippen molar-refractivity contribution in [3.63, 3.8) is 0 Å². The zero-order valence-electron chi connectivity index (χ0n) is 9.82. The average Bonchev–Trinajstić information content (AvgIpc) is 2.16. The van der Waals surface area contributed by atoms with Crippen LogP contribution in [0.4, 0.5) is 0 Å². The third kappa shape index (κ3) is 5.54. The van der Waals surface area contributed by atoms with Crippen LogP contribution in [0, 0.1) is 0 Å². The van der Waals surface area contributed by atoms with Gasteiger partial charge in [0.15, 0.2) is 0 Å². The van der Waals surface area contributed by atoms with Gasteiger partial charge in [0, 0.05) is 6.54 Å². The molecule has 0 amide bonds. The van der Waals surface area contributed by atoms with Crippen molar-refractivity contribution in [3.8, 4) is 0 Å². The Morgan fingerprint density at radius 3 is 2.14 bits per heavy atom. The predicted molar refractivity (Wildman–Crippen MR) is 56.8 cm³/mol. The summed E-state index contributed by atoms with van der Waals surface area (Å²) in [7, 11) is 3.99. The van der Waals surface area contributed by atoms with Crippen molar-refractivity contribution in [1.29, 1.82) is 0 Å². The minimum absolute atomic E-state index is 0.185. The molecule has 14 heavy (non-hydrogen) atoms. The highest BCUT2D eigenvalue weighted by atomic mass is 16.5. The van der Waals surface area contributed by atoms with Crippen LogP contribution in [-0.2, 0) is 9.84 Å². The summed E-state index contributed by atoms with van der Waals surface area (Å²) in [6, 6.07) is 0. The molecule has 4 nitrogen and oxygen atoms in total. The van der Waals surface area contributed by atoms with Crippen LogP contribution in [0.25, 0.3) is 0 Å². The molecule has 0 heterocycles. The Morgan fingerprint density at radius 2 is 1.79 bits per heavy atom. The molecule has 0 aliphatic rings. The Balaban J connectivity index is 3.77. The molecule has 1 atom stereocenters. The second-order valence-electron chi connectivity index (χ2n) is 3.52. The zero-order valence-corrected chi connectivity index (χ0v) is 9.82. The first kappa shape index (κ1) is 13.8. The molecule has 0 fully saturated rings. The molecule has 0 rings (SSSR count). The first-order valence-electron chi connectivity index (χ1n) is 5.24. The molecular weight excluding hydrogens is 180 g/mol. The monoisotopic (exact) mass is 203 g/mol. The van der Waals surface area contributed by atoms with E-state index in [4.69, 9.17) is 4.74 Å². The summed E-state index contributed by atoms with van der Waals surface area (Å²) in [6.45, 7) is 7.11. The highest BCUT2D eigenvalue weighted by Gasteiger charge is 2.15. The van der Waals surface area contributed by atoms with Crippen LogP contribution in [0.15, 0.2) is 0 Å². The van der Waals surface area contributed by atoms with E-state index in [9.17, 15) is 5.11 Å². The molecule has 0 aliphatic carbocycles. The fraction of sp³-hybridized carbons (Fsp3) is 1.00. The number of hydrogen-bond donors (Lipinski definition) is 0. The molecule has 85 valence electrons. The lowest BCUT2D eigenvalue weighted by Crippen LogP contribution is -2.40. The summed E-state index contributed by atoms with van der Waals surface area (Å²) in [4.78, 5) is 4.09. The molecule has 0 saturated heterocycles. The summed E-state index contributed by atoms with van der Waals surface area (Å²) < 4.78 is 5.52. The second-order valence-corrected chi connectivity index (χ2v) is 3.52. The fourth-order valence-corrected chi connectivity index (χ4v) is 1.26. The number of likely N-dealkylation sites (N-methyl/N-ethyl adjacent to an activating group) is 2. The van der Waals surface area contributed by atoms with Crippen molar-refractivity contribution in [3.05, 3.63) is 0 Å². The van der Waals surface area contributed by atoms with Crippen molar-refractivity contribution in [1.82, 2.24) is 9.80 Å². The van der Waals surface area contributed by atoms with Crippen LogP contribution >= 0.6 is 0 Å². The number of hydrogen-bond acceptors (Lipinski definition) is 3. The summed E-state index contributed by atoms with van der Waals surface area (Å²) in [5.74, 6) is 0. The number of ether oxygens (including phenoxy) is 1. The van der Waals surface area contributed by atoms with E-state index < -0.39 is 0 Å². The van der Waals surface area contributed by atoms with E-state index in [1.807, 2.05) is 37.7 Å². The van der Waals surface area contributed by atoms with Gasteiger partial charge in [-0.15, -0.1) is 0 Å². The molecule has 0 saturated carbocycles. The maximum Gasteiger partial charge on any atom is 0.137 e. The van der Waals surface area contributed by atoms with Gasteiger partial charge in [-0.1, -0.05) is 13.8 Å². The normalized spacial score (nSPS) is 13.9. The Morgan fingerprint density at radius 1 is 1.21 bits per heavy atom. The van der Waals surface area contributed by atoms with E-state index in [1.54, 1.807) is 0 Å². The van der Waals surface area contributed by atoms with E-state index in [0.717, 1.165) is 19.6 Å². The largest absolute Gasteiger partial charge is 0.359 e. The highest BCUT2D eigenvalue weighted by molar-refractivity contribution is 4.58. The van der Waals surface area contributed by atoms with Gasteiger partial charge in [-0.2, -0.15) is 0 Å². The van der Waals surface area contributed by atoms with Gasteiger partial charge in [-0.05, 0) is 27.2 Å². The van der Waals surface area contributed by atoms with Crippen molar-refractivity contribution in [2.24, 2.45) is 0 Å². The minimum atomic E-state index is -0.259. The van der Waals surface area contributed by atoms with Gasteiger partial charge < -0.3 is 9.64 Å². The van der Waals surface area contributed by atoms with E-state index in [2.05, 4.69) is 0 Å². The van der Waals surface area contributed by atoms with Gasteiger partial charge in [0.2, 0.25) is 0 Å². The molecule has 0 aliphatic heterocycles. The lowest BCUT2D eigenvalue weighted by atomic mass is 10.4. The molecular formula is C10H23N2O2. The van der Waals surface area contributed by atoms with Crippen LogP contribution in [0.2, 0.25) is 0 Å². The zero-order chi connectivity index (χ0) is 11.0. The lowest BCUT2D eigenvalue weighted by Gasteiger charge is -2.27. The predicted octanol–water partition coefficient (Wildman–Crippen LogP) is 0.663. The SMILES string of the molecule is CCN(CC)C(C[O])OCCN(C)C. The topological polar surface area (TPSA) is 35.6 Å². The lowest BCUT2D eigenvalue weighted by molar-refractivity contribution is -0.0990. The molecule has 4 heteroatoms. The van der Waals surface area contributed by atoms with E-state index >= 15 is 0 Å². The third-order valence-electron chi connectivity index (χ3n) is 2.21. The van der Waals surface area contributed by atoms with Crippen LogP contribution in [0.3, 0.4) is 0 Å². The number of rotatable bonds is 8. The summed E-state index contributed by atoms with van der Waals surface area (Å²) in [6.07, 6.45) is -0.259. The van der Waals surface area contributed by atoms with E-state index in [1.165, 1.54) is 0 Å². The molecule has 1 radical (unpaired) electrons. The Bertz CT molecular complexity index is 127. The van der Waals surface area contributed by atoms with E-state index in [0.29, 0.717) is 6.61 Å². The molecule has 0 aromatic heterocycles. The van der Waals surface area contributed by atoms with Gasteiger partial charge >= 0.3 is 0 Å². The first-order chi connectivity index (χ1) is 6.65. The summed E-state index contributed by atoms with van der Waals surface area (Å²) in [5.41, 5.74) is 0. The van der Waals surface area contributed by atoms with Crippen LogP contribution in [0.5, 0.6) is 0 Å². The van der Waals surface area contributed by atoms with Crippen molar-refractivity contribution < 1.29 is 9.84 Å². The van der Waals surface area contributed by atoms with Crippen LogP contribution in [-0.4, -0.2) is 63.0 Å². The molecule has 0 bridgehead atoms. The van der Waals surface area contributed by atoms with Crippen molar-refractivity contribution in [2.75, 3.05) is 46.9 Å². The molecule has 1 unspecified atom stereocenters. The van der Waals surface area contributed by atoms with Crippen molar-refractivity contribution in [2.45, 2.75) is 20.1 Å². The Labute approximate surface area is 87.5 Å². The maximum absolute atomic E-state index is 10.9. The summed E-state index contributed by atoms with van der Waals surface area (Å²) >= 11 is 0. The van der Waals surface area contributed by atoms with Gasteiger partial charge in [0.1, 0.15) is 12.8 Å². The van der Waals surface area contributed by atoms with Gasteiger partial charge in [0.25, 0.3) is 0 Å². The average molecular weight is 203 g/mol. The van der Waals surface area contributed by atoms with Gasteiger partial charge in [-0.3, -0.25) is 4.90 Å². The van der Waals surface area contributed by atoms with Crippen LogP contribution < -0.4 is 0 Å². The minimum Gasteiger partial charge on any atom is -0.359 e. The number of nitrogens with zero attached hydrogens (tertiary/aromatic N) is 2. The van der Waals surface area contributed by atoms with E-state index in [-0.39, 0.29) is 12.8 Å². The van der Waals surface area contributed by atoms with Crippen LogP contribution in [0.1, 0.15) is 13.8 Å². The standard InChI is InChI=1S/C10H23N2O2/c1-5-12(6-2)10(9-13)14-8-7-11(3)4/h10H,5-9H2,1-4H3. The van der Waals surface area contributed by atoms with Gasteiger partial charge in [-0.25, -0.2) is 5.11 Å². The molecule has 0 N–H and O–H groups in total. The van der Waals surface area contributed by atoms with Crippen molar-refractivity contribution >= 4 is 0 Å². The molecule has 0 aromatic carbocycles. The molecule has 0 spiro atoms. The Hall–Kier alpha value is -0.160. The first-order valence-corrected chi connectivity index (χ1v) is 5.24. The fourth-order valence-electron chi connectivity index (χ4n) is 1.26. The maximum atomic E-state index is 10.9. The third-order valence-corrected chi connectivity index (χ3v) is 2.21. The Kier molecular flexibility index (Phi) is 8.08. The summed E-state index contributed by atoms with van der Waals surface area (Å²) in [5, 5.41) is 10.9.